The number of furan rings is 1. The van der Waals surface area contributed by atoms with Gasteiger partial charge in [-0.25, -0.2) is 8.42 Å². The van der Waals surface area contributed by atoms with Gasteiger partial charge in [0.2, 0.25) is 0 Å². The highest BCUT2D eigenvalue weighted by atomic mass is 79.9. The minimum absolute atomic E-state index is 0.162. The molecule has 2 rings (SSSR count). The number of hydrogen-bond donors (Lipinski definition) is 2. The van der Waals surface area contributed by atoms with Crippen molar-refractivity contribution in [3.8, 4) is 0 Å². The molecule has 0 spiro atoms. The number of nitrogens with one attached hydrogen (secondary N) is 2. The van der Waals surface area contributed by atoms with E-state index in [0.29, 0.717) is 23.8 Å². The Morgan fingerprint density at radius 1 is 1.29 bits per heavy atom. The van der Waals surface area contributed by atoms with Crippen LogP contribution < -0.4 is 10.0 Å². The van der Waals surface area contributed by atoms with Crippen LogP contribution in [0.25, 0.3) is 0 Å². The third kappa shape index (κ3) is 4.09. The van der Waals surface area contributed by atoms with Crippen LogP contribution in [0.2, 0.25) is 0 Å². The summed E-state index contributed by atoms with van der Waals surface area (Å²) in [6, 6.07) is 8.54. The lowest BCUT2D eigenvalue weighted by atomic mass is 10.3. The maximum atomic E-state index is 12.4. The molecule has 7 heteroatoms. The van der Waals surface area contributed by atoms with Gasteiger partial charge in [-0.2, -0.15) is 0 Å². The average Bonchev–Trinajstić information content (AvgIpc) is 2.78. The number of anilines is 1. The lowest BCUT2D eigenvalue weighted by Crippen LogP contribution is -2.13. The van der Waals surface area contributed by atoms with Gasteiger partial charge in [-0.05, 0) is 31.7 Å². The molecule has 0 unspecified atom stereocenters. The van der Waals surface area contributed by atoms with Crippen molar-refractivity contribution in [1.82, 2.24) is 5.32 Å². The summed E-state index contributed by atoms with van der Waals surface area (Å²) in [6.07, 6.45) is 0. The molecule has 0 fully saturated rings. The third-order valence-electron chi connectivity index (χ3n) is 2.84. The summed E-state index contributed by atoms with van der Waals surface area (Å²) in [5.74, 6) is 0.981. The van der Waals surface area contributed by atoms with Crippen LogP contribution in [0, 0.1) is 6.92 Å². The number of halogens is 1. The molecule has 0 amide bonds. The van der Waals surface area contributed by atoms with Crippen molar-refractivity contribution >= 4 is 31.6 Å². The minimum atomic E-state index is -3.66. The zero-order chi connectivity index (χ0) is 15.5. The Bertz CT molecular complexity index is 726. The largest absolute Gasteiger partial charge is 0.464 e. The maximum absolute atomic E-state index is 12.4. The maximum Gasteiger partial charge on any atom is 0.265 e. The van der Waals surface area contributed by atoms with E-state index in [1.165, 1.54) is 0 Å². The first-order valence-corrected chi connectivity index (χ1v) is 8.78. The van der Waals surface area contributed by atoms with Gasteiger partial charge in [0.05, 0.1) is 6.54 Å². The number of aryl methyl sites for hydroxylation is 1. The van der Waals surface area contributed by atoms with Crippen LogP contribution in [-0.2, 0) is 16.6 Å². The standard InChI is InChI=1S/C14H17BrN2O3S/c1-3-16-9-13-8-14(10(2)20-13)21(18,19)17-12-6-4-5-11(15)7-12/h4-8,16-17H,3,9H2,1-2H3. The van der Waals surface area contributed by atoms with E-state index >= 15 is 0 Å². The van der Waals surface area contributed by atoms with E-state index in [0.717, 1.165) is 11.0 Å². The van der Waals surface area contributed by atoms with E-state index < -0.39 is 10.0 Å². The van der Waals surface area contributed by atoms with Crippen LogP contribution in [0.4, 0.5) is 5.69 Å². The SMILES string of the molecule is CCNCc1cc(S(=O)(=O)Nc2cccc(Br)c2)c(C)o1. The molecule has 5 nitrogen and oxygen atoms in total. The molecule has 0 saturated carbocycles. The molecule has 0 bridgehead atoms. The van der Waals surface area contributed by atoms with Crippen LogP contribution in [0.1, 0.15) is 18.4 Å². The Morgan fingerprint density at radius 3 is 2.71 bits per heavy atom. The van der Waals surface area contributed by atoms with Crippen molar-refractivity contribution < 1.29 is 12.8 Å². The second-order valence-electron chi connectivity index (χ2n) is 4.53. The number of benzene rings is 1. The van der Waals surface area contributed by atoms with E-state index in [1.54, 1.807) is 31.2 Å². The van der Waals surface area contributed by atoms with E-state index in [2.05, 4.69) is 26.0 Å². The molecular weight excluding hydrogens is 356 g/mol. The van der Waals surface area contributed by atoms with Gasteiger partial charge in [0.25, 0.3) is 10.0 Å². The third-order valence-corrected chi connectivity index (χ3v) is 4.82. The van der Waals surface area contributed by atoms with Crippen LogP contribution in [0.3, 0.4) is 0 Å². The predicted molar refractivity (Wildman–Crippen MR) is 85.8 cm³/mol. The van der Waals surface area contributed by atoms with Gasteiger partial charge >= 0.3 is 0 Å². The number of rotatable bonds is 6. The molecule has 0 saturated heterocycles. The van der Waals surface area contributed by atoms with Gasteiger partial charge in [0.1, 0.15) is 16.4 Å². The lowest BCUT2D eigenvalue weighted by Gasteiger charge is -2.07. The molecule has 0 aliphatic heterocycles. The highest BCUT2D eigenvalue weighted by Crippen LogP contribution is 2.24. The van der Waals surface area contributed by atoms with Gasteiger partial charge in [-0.15, -0.1) is 0 Å². The second-order valence-corrected chi connectivity index (χ2v) is 7.10. The van der Waals surface area contributed by atoms with E-state index in [-0.39, 0.29) is 4.90 Å². The molecule has 0 atom stereocenters. The van der Waals surface area contributed by atoms with Crippen LogP contribution >= 0.6 is 15.9 Å². The normalized spacial score (nSPS) is 11.6. The summed E-state index contributed by atoms with van der Waals surface area (Å²) in [4.78, 5) is 0.162. The average molecular weight is 373 g/mol. The van der Waals surface area contributed by atoms with Crippen LogP contribution in [-0.4, -0.2) is 15.0 Å². The molecule has 1 aromatic carbocycles. The van der Waals surface area contributed by atoms with Crippen LogP contribution in [0.5, 0.6) is 0 Å². The van der Waals surface area contributed by atoms with Gasteiger partial charge in [0.15, 0.2) is 0 Å². The first-order valence-electron chi connectivity index (χ1n) is 6.51. The van der Waals surface area contributed by atoms with E-state index in [4.69, 9.17) is 4.42 Å². The molecule has 21 heavy (non-hydrogen) atoms. The zero-order valence-electron chi connectivity index (χ0n) is 11.8. The Morgan fingerprint density at radius 2 is 2.05 bits per heavy atom. The van der Waals surface area contributed by atoms with Crippen molar-refractivity contribution in [2.24, 2.45) is 0 Å². The summed E-state index contributed by atoms with van der Waals surface area (Å²) < 4.78 is 33.7. The first-order chi connectivity index (χ1) is 9.92. The van der Waals surface area contributed by atoms with E-state index in [9.17, 15) is 8.42 Å². The monoisotopic (exact) mass is 372 g/mol. The van der Waals surface area contributed by atoms with Crippen molar-refractivity contribution in [3.63, 3.8) is 0 Å². The quantitative estimate of drug-likeness (QED) is 0.816. The van der Waals surface area contributed by atoms with Gasteiger partial charge < -0.3 is 9.73 Å². The predicted octanol–water partition coefficient (Wildman–Crippen LogP) is 3.26. The van der Waals surface area contributed by atoms with E-state index in [1.807, 2.05) is 13.0 Å². The summed E-state index contributed by atoms with van der Waals surface area (Å²) in [5, 5.41) is 3.10. The zero-order valence-corrected chi connectivity index (χ0v) is 14.2. The fourth-order valence-corrected chi connectivity index (χ4v) is 3.54. The Labute approximate surface area is 132 Å². The molecule has 0 aliphatic rings. The highest BCUT2D eigenvalue weighted by Gasteiger charge is 2.21. The fraction of sp³-hybridized carbons (Fsp3) is 0.286. The highest BCUT2D eigenvalue weighted by molar-refractivity contribution is 9.10. The summed E-state index contributed by atoms with van der Waals surface area (Å²) in [7, 11) is -3.66. The molecule has 0 radical (unpaired) electrons. The lowest BCUT2D eigenvalue weighted by molar-refractivity contribution is 0.460. The van der Waals surface area contributed by atoms with Crippen molar-refractivity contribution in [2.75, 3.05) is 11.3 Å². The van der Waals surface area contributed by atoms with Gasteiger partial charge in [-0.3, -0.25) is 4.72 Å². The van der Waals surface area contributed by atoms with Gasteiger partial charge in [0, 0.05) is 16.2 Å². The van der Waals surface area contributed by atoms with Gasteiger partial charge in [-0.1, -0.05) is 28.9 Å². The molecule has 114 valence electrons. The second kappa shape index (κ2) is 6.64. The molecule has 2 N–H and O–H groups in total. The topological polar surface area (TPSA) is 71.3 Å². The molecule has 0 aliphatic carbocycles. The summed E-state index contributed by atoms with van der Waals surface area (Å²) in [6.45, 7) is 4.91. The Kier molecular flexibility index (Phi) is 5.08. The summed E-state index contributed by atoms with van der Waals surface area (Å²) in [5.41, 5.74) is 0.498. The smallest absolute Gasteiger partial charge is 0.265 e. The Balaban J connectivity index is 2.25. The molecule has 1 aromatic heterocycles. The fourth-order valence-electron chi connectivity index (χ4n) is 1.89. The first kappa shape index (κ1) is 16.1. The number of hydrogen-bond acceptors (Lipinski definition) is 4. The molecule has 1 heterocycles. The van der Waals surface area contributed by atoms with Crippen LogP contribution in [0.15, 0.2) is 44.1 Å². The van der Waals surface area contributed by atoms with Crippen molar-refractivity contribution in [2.45, 2.75) is 25.3 Å². The number of sulfonamides is 1. The minimum Gasteiger partial charge on any atom is -0.464 e. The summed E-state index contributed by atoms with van der Waals surface area (Å²) >= 11 is 3.31. The molecule has 2 aromatic rings. The van der Waals surface area contributed by atoms with Crippen molar-refractivity contribution in [1.29, 1.82) is 0 Å². The van der Waals surface area contributed by atoms with Crippen molar-refractivity contribution in [3.05, 3.63) is 46.3 Å². The molecular formula is C14H17BrN2O3S. The Hall–Kier alpha value is -1.31.